The van der Waals surface area contributed by atoms with Crippen molar-refractivity contribution in [2.45, 2.75) is 26.7 Å². The van der Waals surface area contributed by atoms with Gasteiger partial charge in [-0.15, -0.1) is 0 Å². The van der Waals surface area contributed by atoms with Gasteiger partial charge in [0.1, 0.15) is 0 Å². The Morgan fingerprint density at radius 1 is 1.35 bits per heavy atom. The molecule has 3 N–H and O–H groups in total. The van der Waals surface area contributed by atoms with E-state index in [-0.39, 0.29) is 5.91 Å². The number of carbonyl (C=O) groups is 1. The Bertz CT molecular complexity index is 471. The van der Waals surface area contributed by atoms with Crippen LogP contribution in [-0.2, 0) is 4.79 Å². The standard InChI is InChI=1S/C14H20N4OS/c1-3-4-9-15-14(20)18-16-10-12-5-7-13(8-6-12)17-11(2)19/h5-8,10H,3-4,9H2,1-2H3,(H,17,19)(H2,15,18,20). The predicted molar refractivity (Wildman–Crippen MR) is 87.0 cm³/mol. The van der Waals surface area contributed by atoms with Crippen molar-refractivity contribution in [3.05, 3.63) is 29.8 Å². The molecule has 0 unspecified atom stereocenters. The molecule has 0 aliphatic heterocycles. The van der Waals surface area contributed by atoms with E-state index in [0.29, 0.717) is 5.11 Å². The molecule has 6 heteroatoms. The van der Waals surface area contributed by atoms with Crippen LogP contribution in [0.25, 0.3) is 0 Å². The molecule has 0 aromatic heterocycles. The Morgan fingerprint density at radius 3 is 2.65 bits per heavy atom. The zero-order valence-corrected chi connectivity index (χ0v) is 12.6. The van der Waals surface area contributed by atoms with Gasteiger partial charge in [-0.05, 0) is 36.3 Å². The maximum atomic E-state index is 10.9. The van der Waals surface area contributed by atoms with E-state index in [1.54, 1.807) is 6.21 Å². The number of hydrazone groups is 1. The first-order valence-corrected chi connectivity index (χ1v) is 6.97. The monoisotopic (exact) mass is 292 g/mol. The number of rotatable bonds is 6. The molecule has 0 aliphatic rings. The van der Waals surface area contributed by atoms with E-state index < -0.39 is 0 Å². The molecular weight excluding hydrogens is 272 g/mol. The Kier molecular flexibility index (Phi) is 7.27. The zero-order valence-electron chi connectivity index (χ0n) is 11.8. The highest BCUT2D eigenvalue weighted by Crippen LogP contribution is 2.07. The SMILES string of the molecule is CCCCNC(=S)NN=Cc1ccc(NC(C)=O)cc1. The lowest BCUT2D eigenvalue weighted by molar-refractivity contribution is -0.114. The fourth-order valence-corrected chi connectivity index (χ4v) is 1.59. The molecule has 0 aliphatic carbocycles. The summed E-state index contributed by atoms with van der Waals surface area (Å²) in [5.74, 6) is -0.0865. The van der Waals surface area contributed by atoms with Gasteiger partial charge in [0.15, 0.2) is 5.11 Å². The highest BCUT2D eigenvalue weighted by atomic mass is 32.1. The number of thiocarbonyl (C=S) groups is 1. The van der Waals surface area contributed by atoms with E-state index in [1.807, 2.05) is 24.3 Å². The van der Waals surface area contributed by atoms with Crippen LogP contribution >= 0.6 is 12.2 Å². The summed E-state index contributed by atoms with van der Waals surface area (Å²) in [6.07, 6.45) is 3.88. The third-order valence-electron chi connectivity index (χ3n) is 2.43. The number of nitrogens with one attached hydrogen (secondary N) is 3. The van der Waals surface area contributed by atoms with E-state index in [2.05, 4.69) is 28.1 Å². The second-order valence-corrected chi connectivity index (χ2v) is 4.69. The lowest BCUT2D eigenvalue weighted by Gasteiger charge is -2.05. The maximum Gasteiger partial charge on any atom is 0.221 e. The molecule has 0 heterocycles. The van der Waals surface area contributed by atoms with E-state index in [1.165, 1.54) is 6.92 Å². The Labute approximate surface area is 124 Å². The van der Waals surface area contributed by atoms with Gasteiger partial charge in [-0.25, -0.2) is 0 Å². The van der Waals surface area contributed by atoms with Crippen molar-refractivity contribution >= 4 is 35.1 Å². The van der Waals surface area contributed by atoms with E-state index in [9.17, 15) is 4.79 Å². The van der Waals surface area contributed by atoms with Gasteiger partial charge in [0.05, 0.1) is 6.21 Å². The summed E-state index contributed by atoms with van der Waals surface area (Å²) in [7, 11) is 0. The number of amides is 1. The van der Waals surface area contributed by atoms with Crippen LogP contribution in [0.1, 0.15) is 32.3 Å². The molecule has 0 fully saturated rings. The Hall–Kier alpha value is -1.95. The molecule has 0 radical (unpaired) electrons. The number of anilines is 1. The van der Waals surface area contributed by atoms with E-state index >= 15 is 0 Å². The summed E-state index contributed by atoms with van der Waals surface area (Å²) in [5, 5.41) is 10.3. The lowest BCUT2D eigenvalue weighted by atomic mass is 10.2. The smallest absolute Gasteiger partial charge is 0.221 e. The summed E-state index contributed by atoms with van der Waals surface area (Å²) in [5.41, 5.74) is 4.44. The Balaban J connectivity index is 2.38. The van der Waals surface area contributed by atoms with Gasteiger partial charge in [0.25, 0.3) is 0 Å². The number of unbranched alkanes of at least 4 members (excludes halogenated alkanes) is 1. The minimum Gasteiger partial charge on any atom is -0.361 e. The molecule has 1 aromatic carbocycles. The van der Waals surface area contributed by atoms with Crippen LogP contribution in [0.15, 0.2) is 29.4 Å². The molecule has 0 bridgehead atoms. The number of hydrogen-bond acceptors (Lipinski definition) is 3. The number of hydrogen-bond donors (Lipinski definition) is 3. The molecule has 0 saturated carbocycles. The number of benzene rings is 1. The second-order valence-electron chi connectivity index (χ2n) is 4.28. The zero-order chi connectivity index (χ0) is 14.8. The fourth-order valence-electron chi connectivity index (χ4n) is 1.44. The topological polar surface area (TPSA) is 65.5 Å². The fraction of sp³-hybridized carbons (Fsp3) is 0.357. The van der Waals surface area contributed by atoms with Crippen molar-refractivity contribution in [2.24, 2.45) is 5.10 Å². The first-order chi connectivity index (χ1) is 9.61. The maximum absolute atomic E-state index is 10.9. The summed E-state index contributed by atoms with van der Waals surface area (Å²) in [4.78, 5) is 10.9. The minimum absolute atomic E-state index is 0.0865. The minimum atomic E-state index is -0.0865. The molecule has 5 nitrogen and oxygen atoms in total. The average molecular weight is 292 g/mol. The van der Waals surface area contributed by atoms with Gasteiger partial charge in [0.2, 0.25) is 5.91 Å². The third kappa shape index (κ3) is 6.84. The van der Waals surface area contributed by atoms with Gasteiger partial charge < -0.3 is 10.6 Å². The van der Waals surface area contributed by atoms with Crippen molar-refractivity contribution in [3.8, 4) is 0 Å². The van der Waals surface area contributed by atoms with Crippen LogP contribution in [-0.4, -0.2) is 23.8 Å². The summed E-state index contributed by atoms with van der Waals surface area (Å²) < 4.78 is 0. The molecule has 20 heavy (non-hydrogen) atoms. The molecule has 1 amide bonds. The van der Waals surface area contributed by atoms with Crippen molar-refractivity contribution in [3.63, 3.8) is 0 Å². The van der Waals surface area contributed by atoms with Crippen LogP contribution in [0.5, 0.6) is 0 Å². The molecule has 0 saturated heterocycles. The summed E-state index contributed by atoms with van der Waals surface area (Å²) in [6.45, 7) is 4.45. The predicted octanol–water partition coefficient (Wildman–Crippen LogP) is 2.24. The van der Waals surface area contributed by atoms with Crippen molar-refractivity contribution in [2.75, 3.05) is 11.9 Å². The first kappa shape index (κ1) is 16.1. The molecule has 1 rings (SSSR count). The highest BCUT2D eigenvalue weighted by molar-refractivity contribution is 7.80. The van der Waals surface area contributed by atoms with Crippen LogP contribution in [0.2, 0.25) is 0 Å². The molecule has 1 aromatic rings. The van der Waals surface area contributed by atoms with Crippen LogP contribution < -0.4 is 16.1 Å². The van der Waals surface area contributed by atoms with E-state index in [0.717, 1.165) is 30.6 Å². The van der Waals surface area contributed by atoms with Crippen molar-refractivity contribution in [1.29, 1.82) is 0 Å². The van der Waals surface area contributed by atoms with Crippen LogP contribution in [0.4, 0.5) is 5.69 Å². The van der Waals surface area contributed by atoms with Crippen molar-refractivity contribution in [1.82, 2.24) is 10.7 Å². The highest BCUT2D eigenvalue weighted by Gasteiger charge is 1.95. The Morgan fingerprint density at radius 2 is 2.05 bits per heavy atom. The number of nitrogens with zero attached hydrogens (tertiary/aromatic N) is 1. The second kappa shape index (κ2) is 9.03. The van der Waals surface area contributed by atoms with Gasteiger partial charge in [-0.3, -0.25) is 10.2 Å². The van der Waals surface area contributed by atoms with Gasteiger partial charge >= 0.3 is 0 Å². The van der Waals surface area contributed by atoms with Crippen molar-refractivity contribution < 1.29 is 4.79 Å². The summed E-state index contributed by atoms with van der Waals surface area (Å²) in [6, 6.07) is 7.37. The first-order valence-electron chi connectivity index (χ1n) is 6.56. The molecule has 0 spiro atoms. The largest absolute Gasteiger partial charge is 0.361 e. The van der Waals surface area contributed by atoms with Crippen LogP contribution in [0, 0.1) is 0 Å². The number of carbonyl (C=O) groups excluding carboxylic acids is 1. The molecule has 0 atom stereocenters. The average Bonchev–Trinajstić information content (AvgIpc) is 2.40. The molecular formula is C14H20N4OS. The van der Waals surface area contributed by atoms with E-state index in [4.69, 9.17) is 12.2 Å². The lowest BCUT2D eigenvalue weighted by Crippen LogP contribution is -2.32. The van der Waals surface area contributed by atoms with Crippen LogP contribution in [0.3, 0.4) is 0 Å². The van der Waals surface area contributed by atoms with Gasteiger partial charge in [-0.2, -0.15) is 5.10 Å². The quantitative estimate of drug-likeness (QED) is 0.326. The van der Waals surface area contributed by atoms with Gasteiger partial charge in [-0.1, -0.05) is 25.5 Å². The summed E-state index contributed by atoms with van der Waals surface area (Å²) >= 11 is 5.07. The third-order valence-corrected chi connectivity index (χ3v) is 2.66. The normalized spacial score (nSPS) is 10.3. The van der Waals surface area contributed by atoms with Gasteiger partial charge in [0, 0.05) is 19.2 Å². The molecule has 108 valence electrons.